The van der Waals surface area contributed by atoms with Gasteiger partial charge in [-0.2, -0.15) is 0 Å². The summed E-state index contributed by atoms with van der Waals surface area (Å²) in [7, 11) is 0. The zero-order valence-electron chi connectivity index (χ0n) is 11.8. The molecule has 1 unspecified atom stereocenters. The molecule has 1 aromatic heterocycles. The van der Waals surface area contributed by atoms with Gasteiger partial charge >= 0.3 is 0 Å². The van der Waals surface area contributed by atoms with Gasteiger partial charge in [0.05, 0.1) is 31.0 Å². The molecule has 0 radical (unpaired) electrons. The summed E-state index contributed by atoms with van der Waals surface area (Å²) in [6.07, 6.45) is 2.48. The number of ether oxygens (including phenoxy) is 1. The molecule has 2 amide bonds. The zero-order chi connectivity index (χ0) is 14.8. The molecule has 2 aliphatic rings. The van der Waals surface area contributed by atoms with E-state index in [-0.39, 0.29) is 11.8 Å². The van der Waals surface area contributed by atoms with E-state index in [9.17, 15) is 9.59 Å². The van der Waals surface area contributed by atoms with Crippen LogP contribution in [0.5, 0.6) is 0 Å². The van der Waals surface area contributed by atoms with Crippen LogP contribution in [0.2, 0.25) is 0 Å². The molecule has 2 aliphatic heterocycles. The third-order valence-corrected chi connectivity index (χ3v) is 4.67. The van der Waals surface area contributed by atoms with E-state index in [0.29, 0.717) is 30.5 Å². The highest BCUT2D eigenvalue weighted by molar-refractivity contribution is 7.99. The van der Waals surface area contributed by atoms with E-state index in [2.05, 4.69) is 10.3 Å². The summed E-state index contributed by atoms with van der Waals surface area (Å²) in [5, 5.41) is 2.85. The summed E-state index contributed by atoms with van der Waals surface area (Å²) in [4.78, 5) is 29.8. The fourth-order valence-corrected chi connectivity index (χ4v) is 3.72. The van der Waals surface area contributed by atoms with Crippen molar-refractivity contribution in [2.75, 3.05) is 23.6 Å². The first-order valence-corrected chi connectivity index (χ1v) is 8.02. The fraction of sp³-hybridized carbons (Fsp3) is 0.500. The highest BCUT2D eigenvalue weighted by Gasteiger charge is 2.33. The molecule has 7 heteroatoms. The molecule has 1 fully saturated rings. The summed E-state index contributed by atoms with van der Waals surface area (Å²) in [5.74, 6) is 0.974. The number of nitrogens with zero attached hydrogens (tertiary/aromatic N) is 2. The fourth-order valence-electron chi connectivity index (χ4n) is 2.50. The number of thioether (sulfide) groups is 1. The predicted octanol–water partition coefficient (Wildman–Crippen LogP) is 1.01. The van der Waals surface area contributed by atoms with Crippen LogP contribution in [0.1, 0.15) is 18.2 Å². The van der Waals surface area contributed by atoms with Gasteiger partial charge in [0.1, 0.15) is 6.04 Å². The second-order valence-corrected chi connectivity index (χ2v) is 6.13. The van der Waals surface area contributed by atoms with Crippen LogP contribution in [-0.4, -0.2) is 46.0 Å². The molecule has 1 aromatic rings. The monoisotopic (exact) mass is 307 g/mol. The number of nitrogens with one attached hydrogen (secondary N) is 1. The Morgan fingerprint density at radius 3 is 3.19 bits per heavy atom. The number of rotatable bonds is 2. The lowest BCUT2D eigenvalue weighted by Crippen LogP contribution is -2.43. The molecule has 112 valence electrons. The van der Waals surface area contributed by atoms with Gasteiger partial charge in [0.15, 0.2) is 0 Å². The second-order valence-electron chi connectivity index (χ2n) is 5.13. The first kappa shape index (κ1) is 14.3. The summed E-state index contributed by atoms with van der Waals surface area (Å²) in [6.45, 7) is 2.72. The Kier molecular flexibility index (Phi) is 4.12. The van der Waals surface area contributed by atoms with Gasteiger partial charge in [0.2, 0.25) is 11.8 Å². The Labute approximate surface area is 127 Å². The molecule has 1 saturated heterocycles. The number of aromatic nitrogens is 1. The Hall–Kier alpha value is -1.60. The Morgan fingerprint density at radius 1 is 1.52 bits per heavy atom. The van der Waals surface area contributed by atoms with Gasteiger partial charge in [-0.1, -0.05) is 0 Å². The first-order chi connectivity index (χ1) is 10.1. The van der Waals surface area contributed by atoms with E-state index in [0.717, 1.165) is 17.7 Å². The van der Waals surface area contributed by atoms with Crippen LogP contribution in [0.4, 0.5) is 5.69 Å². The van der Waals surface area contributed by atoms with Crippen molar-refractivity contribution in [1.82, 2.24) is 9.88 Å². The first-order valence-electron chi connectivity index (χ1n) is 6.86. The highest BCUT2D eigenvalue weighted by Crippen LogP contribution is 2.23. The van der Waals surface area contributed by atoms with E-state index in [1.165, 1.54) is 6.92 Å². The van der Waals surface area contributed by atoms with Crippen molar-refractivity contribution in [3.8, 4) is 0 Å². The van der Waals surface area contributed by atoms with Crippen LogP contribution in [0.3, 0.4) is 0 Å². The molecule has 0 aromatic carbocycles. The van der Waals surface area contributed by atoms with Crippen molar-refractivity contribution in [2.24, 2.45) is 0 Å². The summed E-state index contributed by atoms with van der Waals surface area (Å²) >= 11 is 1.59. The lowest BCUT2D eigenvalue weighted by Gasteiger charge is -2.22. The van der Waals surface area contributed by atoms with Crippen LogP contribution < -0.4 is 5.32 Å². The van der Waals surface area contributed by atoms with E-state index in [1.54, 1.807) is 22.9 Å². The Morgan fingerprint density at radius 2 is 2.38 bits per heavy atom. The average Bonchev–Trinajstić information content (AvgIpc) is 2.97. The average molecular weight is 307 g/mol. The van der Waals surface area contributed by atoms with Gasteiger partial charge in [-0.05, 0) is 6.07 Å². The van der Waals surface area contributed by atoms with Gasteiger partial charge in [0, 0.05) is 30.4 Å². The van der Waals surface area contributed by atoms with Crippen LogP contribution >= 0.6 is 11.8 Å². The standard InChI is InChI=1S/C14H17N3O3S/c1-9(18)17-8-21-7-13(17)14(19)16-11-4-10-6-20-3-2-12(10)15-5-11/h4-5,13H,2-3,6-8H2,1H3,(H,16,19). The largest absolute Gasteiger partial charge is 0.376 e. The van der Waals surface area contributed by atoms with Gasteiger partial charge < -0.3 is 15.0 Å². The molecule has 3 rings (SSSR count). The smallest absolute Gasteiger partial charge is 0.248 e. The topological polar surface area (TPSA) is 71.5 Å². The molecule has 21 heavy (non-hydrogen) atoms. The molecular formula is C14H17N3O3S. The SMILES string of the molecule is CC(=O)N1CSCC1C(=O)Nc1cnc2c(c1)COCC2. The number of pyridine rings is 1. The Balaban J connectivity index is 1.71. The number of hydrogen-bond donors (Lipinski definition) is 1. The second kappa shape index (κ2) is 6.03. The normalized spacial score (nSPS) is 21.0. The molecule has 0 bridgehead atoms. The predicted molar refractivity (Wildman–Crippen MR) is 79.9 cm³/mol. The third-order valence-electron chi connectivity index (χ3n) is 3.66. The molecule has 1 N–H and O–H groups in total. The zero-order valence-corrected chi connectivity index (χ0v) is 12.6. The number of fused-ring (bicyclic) bond motifs is 1. The van der Waals surface area contributed by atoms with E-state index in [1.807, 2.05) is 6.07 Å². The molecular weight excluding hydrogens is 290 g/mol. The van der Waals surface area contributed by atoms with Crippen LogP contribution in [0.15, 0.2) is 12.3 Å². The van der Waals surface area contributed by atoms with Crippen molar-refractivity contribution in [1.29, 1.82) is 0 Å². The van der Waals surface area contributed by atoms with Crippen molar-refractivity contribution in [2.45, 2.75) is 26.0 Å². The number of amides is 2. The van der Waals surface area contributed by atoms with Gasteiger partial charge in [-0.25, -0.2) is 0 Å². The van der Waals surface area contributed by atoms with Crippen molar-refractivity contribution < 1.29 is 14.3 Å². The lowest BCUT2D eigenvalue weighted by molar-refractivity contribution is -0.134. The Bertz CT molecular complexity index is 579. The molecule has 3 heterocycles. The van der Waals surface area contributed by atoms with Gasteiger partial charge in [-0.15, -0.1) is 11.8 Å². The molecule has 0 spiro atoms. The maximum absolute atomic E-state index is 12.3. The molecule has 0 saturated carbocycles. The highest BCUT2D eigenvalue weighted by atomic mass is 32.2. The molecule has 6 nitrogen and oxygen atoms in total. The number of hydrogen-bond acceptors (Lipinski definition) is 5. The van der Waals surface area contributed by atoms with E-state index in [4.69, 9.17) is 4.74 Å². The van der Waals surface area contributed by atoms with Crippen LogP contribution in [0.25, 0.3) is 0 Å². The van der Waals surface area contributed by atoms with Crippen LogP contribution in [-0.2, 0) is 27.4 Å². The van der Waals surface area contributed by atoms with Crippen molar-refractivity contribution >= 4 is 29.3 Å². The minimum Gasteiger partial charge on any atom is -0.376 e. The lowest BCUT2D eigenvalue weighted by atomic mass is 10.1. The van der Waals surface area contributed by atoms with Gasteiger partial charge in [-0.3, -0.25) is 14.6 Å². The minimum absolute atomic E-state index is 0.0721. The molecule has 0 aliphatic carbocycles. The van der Waals surface area contributed by atoms with Crippen molar-refractivity contribution in [3.05, 3.63) is 23.5 Å². The quantitative estimate of drug-likeness (QED) is 0.883. The summed E-state index contributed by atoms with van der Waals surface area (Å²) in [5.41, 5.74) is 2.70. The van der Waals surface area contributed by atoms with Gasteiger partial charge in [0.25, 0.3) is 0 Å². The minimum atomic E-state index is -0.403. The third kappa shape index (κ3) is 3.03. The van der Waals surface area contributed by atoms with Crippen molar-refractivity contribution in [3.63, 3.8) is 0 Å². The van der Waals surface area contributed by atoms with E-state index >= 15 is 0 Å². The summed E-state index contributed by atoms with van der Waals surface area (Å²) < 4.78 is 5.40. The number of carbonyl (C=O) groups excluding carboxylic acids is 2. The summed E-state index contributed by atoms with van der Waals surface area (Å²) in [6, 6.07) is 1.50. The maximum atomic E-state index is 12.3. The van der Waals surface area contributed by atoms with E-state index < -0.39 is 6.04 Å². The number of carbonyl (C=O) groups is 2. The number of anilines is 1. The maximum Gasteiger partial charge on any atom is 0.248 e. The van der Waals surface area contributed by atoms with Crippen LogP contribution in [0, 0.1) is 0 Å². The molecule has 1 atom stereocenters.